The quantitative estimate of drug-likeness (QED) is 0.762. The van der Waals surface area contributed by atoms with Crippen LogP contribution in [0.2, 0.25) is 0 Å². The highest BCUT2D eigenvalue weighted by Gasteiger charge is 2.41. The van der Waals surface area contributed by atoms with Crippen LogP contribution in [0, 0.1) is 11.8 Å². The van der Waals surface area contributed by atoms with Gasteiger partial charge in [0, 0.05) is 4.88 Å². The Hall–Kier alpha value is -0.340. The maximum atomic E-state index is 9.86. The highest BCUT2D eigenvalue weighted by Crippen LogP contribution is 2.49. The molecule has 2 heteroatoms. The molecule has 1 aromatic heterocycles. The molecule has 66 valence electrons. The number of aliphatic hydroxyl groups is 1. The molecule has 3 atom stereocenters. The van der Waals surface area contributed by atoms with Crippen molar-refractivity contribution in [2.75, 3.05) is 0 Å². The highest BCUT2D eigenvalue weighted by atomic mass is 32.1. The molecule has 1 saturated carbocycles. The summed E-state index contributed by atoms with van der Waals surface area (Å²) in [6.45, 7) is 2.20. The Morgan fingerprint density at radius 1 is 1.75 bits per heavy atom. The first-order valence-corrected chi connectivity index (χ1v) is 5.42. The zero-order valence-electron chi connectivity index (χ0n) is 7.23. The molecule has 1 aromatic rings. The highest BCUT2D eigenvalue weighted by molar-refractivity contribution is 7.10. The zero-order chi connectivity index (χ0) is 8.55. The summed E-state index contributed by atoms with van der Waals surface area (Å²) in [4.78, 5) is 1.14. The van der Waals surface area contributed by atoms with E-state index in [1.807, 2.05) is 17.5 Å². The lowest BCUT2D eigenvalue weighted by molar-refractivity contribution is 0.150. The number of rotatable bonds is 3. The second-order valence-electron chi connectivity index (χ2n) is 3.53. The first-order valence-electron chi connectivity index (χ1n) is 4.54. The van der Waals surface area contributed by atoms with Gasteiger partial charge in [0.1, 0.15) is 0 Å². The number of hydrogen-bond donors (Lipinski definition) is 1. The van der Waals surface area contributed by atoms with Crippen molar-refractivity contribution in [1.29, 1.82) is 0 Å². The molecule has 0 radical (unpaired) electrons. The Labute approximate surface area is 77.0 Å². The molecule has 1 fully saturated rings. The molecule has 0 aromatic carbocycles. The maximum Gasteiger partial charge on any atom is 0.0912 e. The van der Waals surface area contributed by atoms with E-state index in [0.29, 0.717) is 5.92 Å². The molecule has 0 aliphatic heterocycles. The van der Waals surface area contributed by atoms with Crippen molar-refractivity contribution in [1.82, 2.24) is 0 Å². The Morgan fingerprint density at radius 2 is 2.58 bits per heavy atom. The summed E-state index contributed by atoms with van der Waals surface area (Å²) in [6, 6.07) is 4.03. The Bertz CT molecular complexity index is 242. The van der Waals surface area contributed by atoms with Gasteiger partial charge in [0.2, 0.25) is 0 Å². The molecule has 0 saturated heterocycles. The summed E-state index contributed by atoms with van der Waals surface area (Å²) in [5, 5.41) is 11.9. The lowest BCUT2D eigenvalue weighted by Crippen LogP contribution is -1.98. The molecule has 1 nitrogen and oxygen atoms in total. The molecule has 2 rings (SSSR count). The van der Waals surface area contributed by atoms with Crippen LogP contribution in [0.5, 0.6) is 0 Å². The van der Waals surface area contributed by atoms with Crippen LogP contribution in [-0.4, -0.2) is 5.11 Å². The van der Waals surface area contributed by atoms with Crippen LogP contribution < -0.4 is 0 Å². The van der Waals surface area contributed by atoms with Crippen LogP contribution in [0.25, 0.3) is 0 Å². The second kappa shape index (κ2) is 3.19. The molecule has 1 aliphatic rings. The van der Waals surface area contributed by atoms with E-state index in [-0.39, 0.29) is 6.10 Å². The first-order chi connectivity index (χ1) is 5.83. The van der Waals surface area contributed by atoms with E-state index >= 15 is 0 Å². The fourth-order valence-electron chi connectivity index (χ4n) is 1.80. The van der Waals surface area contributed by atoms with Crippen molar-refractivity contribution < 1.29 is 5.11 Å². The smallest absolute Gasteiger partial charge is 0.0912 e. The van der Waals surface area contributed by atoms with Crippen molar-refractivity contribution in [3.8, 4) is 0 Å². The lowest BCUT2D eigenvalue weighted by Gasteiger charge is -2.06. The first kappa shape index (κ1) is 8.27. The number of thiophene rings is 1. The third kappa shape index (κ3) is 1.41. The van der Waals surface area contributed by atoms with E-state index in [2.05, 4.69) is 6.92 Å². The predicted octanol–water partition coefficient (Wildman–Crippen LogP) is 2.83. The third-order valence-corrected chi connectivity index (χ3v) is 3.68. The minimum absolute atomic E-state index is 0.185. The van der Waals surface area contributed by atoms with E-state index in [1.54, 1.807) is 11.3 Å². The molecule has 1 heterocycles. The predicted molar refractivity (Wildman–Crippen MR) is 51.2 cm³/mol. The van der Waals surface area contributed by atoms with Crippen LogP contribution in [0.15, 0.2) is 17.5 Å². The fourth-order valence-corrected chi connectivity index (χ4v) is 2.58. The van der Waals surface area contributed by atoms with Gasteiger partial charge in [0.15, 0.2) is 0 Å². The van der Waals surface area contributed by atoms with Gasteiger partial charge in [0.05, 0.1) is 6.10 Å². The van der Waals surface area contributed by atoms with Gasteiger partial charge in [-0.1, -0.05) is 19.4 Å². The second-order valence-corrected chi connectivity index (χ2v) is 4.51. The molecular weight excluding hydrogens is 168 g/mol. The van der Waals surface area contributed by atoms with Gasteiger partial charge in [-0.2, -0.15) is 0 Å². The van der Waals surface area contributed by atoms with E-state index in [4.69, 9.17) is 0 Å². The molecule has 0 amide bonds. The van der Waals surface area contributed by atoms with Crippen molar-refractivity contribution in [2.45, 2.75) is 25.9 Å². The van der Waals surface area contributed by atoms with Crippen molar-refractivity contribution in [2.24, 2.45) is 11.8 Å². The zero-order valence-corrected chi connectivity index (χ0v) is 8.05. The van der Waals surface area contributed by atoms with E-state index in [1.165, 1.54) is 12.8 Å². The van der Waals surface area contributed by atoms with Crippen LogP contribution in [0.1, 0.15) is 30.7 Å². The monoisotopic (exact) mass is 182 g/mol. The summed E-state index contributed by atoms with van der Waals surface area (Å²) in [6.07, 6.45) is 2.25. The van der Waals surface area contributed by atoms with Gasteiger partial charge in [-0.25, -0.2) is 0 Å². The molecule has 0 spiro atoms. The van der Waals surface area contributed by atoms with Gasteiger partial charge in [0.25, 0.3) is 0 Å². The molecule has 0 bridgehead atoms. The Balaban J connectivity index is 1.99. The standard InChI is InChI=1S/C10H14OS/c1-2-7-6-8(7)10(11)9-4-3-5-12-9/h3-5,7-8,10-11H,2,6H2,1H3/t7-,8-,10?/m1/s1. The topological polar surface area (TPSA) is 20.2 Å². The largest absolute Gasteiger partial charge is 0.387 e. The normalized spacial score (nSPS) is 30.2. The van der Waals surface area contributed by atoms with Crippen molar-refractivity contribution in [3.63, 3.8) is 0 Å². The molecule has 1 unspecified atom stereocenters. The van der Waals surface area contributed by atoms with Crippen LogP contribution in [0.4, 0.5) is 0 Å². The molecular formula is C10H14OS. The maximum absolute atomic E-state index is 9.86. The van der Waals surface area contributed by atoms with Crippen LogP contribution >= 0.6 is 11.3 Å². The van der Waals surface area contributed by atoms with Gasteiger partial charge < -0.3 is 5.11 Å². The fraction of sp³-hybridized carbons (Fsp3) is 0.600. The van der Waals surface area contributed by atoms with Gasteiger partial charge in [-0.3, -0.25) is 0 Å². The van der Waals surface area contributed by atoms with Crippen LogP contribution in [-0.2, 0) is 0 Å². The van der Waals surface area contributed by atoms with Crippen molar-refractivity contribution in [3.05, 3.63) is 22.4 Å². The summed E-state index contributed by atoms with van der Waals surface area (Å²) in [5.74, 6) is 1.33. The SMILES string of the molecule is CC[C@@H]1C[C@H]1C(O)c1cccs1. The van der Waals surface area contributed by atoms with E-state index < -0.39 is 0 Å². The van der Waals surface area contributed by atoms with E-state index in [9.17, 15) is 5.11 Å². The summed E-state index contributed by atoms with van der Waals surface area (Å²) in [5.41, 5.74) is 0. The summed E-state index contributed by atoms with van der Waals surface area (Å²) in [7, 11) is 0. The van der Waals surface area contributed by atoms with Gasteiger partial charge in [-0.05, 0) is 29.7 Å². The average Bonchev–Trinajstić information content (AvgIpc) is 2.68. The number of hydrogen-bond acceptors (Lipinski definition) is 2. The summed E-state index contributed by atoms with van der Waals surface area (Å²) < 4.78 is 0. The Morgan fingerprint density at radius 3 is 3.08 bits per heavy atom. The van der Waals surface area contributed by atoms with Crippen LogP contribution in [0.3, 0.4) is 0 Å². The minimum atomic E-state index is -0.185. The van der Waals surface area contributed by atoms with E-state index in [0.717, 1.165) is 10.8 Å². The molecule has 1 N–H and O–H groups in total. The Kier molecular flexibility index (Phi) is 2.20. The molecule has 1 aliphatic carbocycles. The lowest BCUT2D eigenvalue weighted by atomic mass is 10.1. The van der Waals surface area contributed by atoms with Crippen molar-refractivity contribution >= 4 is 11.3 Å². The number of aliphatic hydroxyl groups excluding tert-OH is 1. The van der Waals surface area contributed by atoms with Gasteiger partial charge >= 0.3 is 0 Å². The van der Waals surface area contributed by atoms with Gasteiger partial charge in [-0.15, -0.1) is 11.3 Å². The average molecular weight is 182 g/mol. The summed E-state index contributed by atoms with van der Waals surface area (Å²) >= 11 is 1.66. The third-order valence-electron chi connectivity index (χ3n) is 2.74. The minimum Gasteiger partial charge on any atom is -0.387 e. The molecule has 12 heavy (non-hydrogen) atoms.